The maximum absolute atomic E-state index is 11.3. The van der Waals surface area contributed by atoms with Gasteiger partial charge in [-0.05, 0) is 6.07 Å². The van der Waals surface area contributed by atoms with E-state index in [0.29, 0.717) is 6.42 Å². The van der Waals surface area contributed by atoms with Crippen LogP contribution in [0.4, 0.5) is 0 Å². The molecule has 1 aromatic heterocycles. The van der Waals surface area contributed by atoms with Gasteiger partial charge in [0, 0.05) is 24.4 Å². The minimum atomic E-state index is -0.292. The molecule has 2 aromatic rings. The quantitative estimate of drug-likeness (QED) is 0.767. The lowest BCUT2D eigenvalue weighted by atomic mass is 10.1. The Morgan fingerprint density at radius 3 is 2.84 bits per heavy atom. The summed E-state index contributed by atoms with van der Waals surface area (Å²) in [5, 5.41) is 0. The van der Waals surface area contributed by atoms with Gasteiger partial charge in [-0.2, -0.15) is 0 Å². The number of imidazole rings is 1. The van der Waals surface area contributed by atoms with Crippen molar-refractivity contribution in [2.75, 3.05) is 14.2 Å². The van der Waals surface area contributed by atoms with Crippen molar-refractivity contribution < 1.29 is 14.3 Å². The zero-order chi connectivity index (χ0) is 13.7. The van der Waals surface area contributed by atoms with E-state index in [1.807, 2.05) is 24.3 Å². The van der Waals surface area contributed by atoms with Gasteiger partial charge in [0.05, 0.1) is 14.2 Å². The van der Waals surface area contributed by atoms with Crippen LogP contribution in [0.2, 0.25) is 0 Å². The number of benzene rings is 1. The minimum absolute atomic E-state index is 0.168. The molecule has 100 valence electrons. The Hall–Kier alpha value is -2.30. The highest BCUT2D eigenvalue weighted by Crippen LogP contribution is 2.20. The predicted octanol–water partition coefficient (Wildman–Crippen LogP) is 1.66. The first kappa shape index (κ1) is 13.1. The molecule has 5 heteroatoms. The lowest BCUT2D eigenvalue weighted by molar-refractivity contribution is -0.141. The Balaban J connectivity index is 2.19. The van der Waals surface area contributed by atoms with Gasteiger partial charge in [0.15, 0.2) is 0 Å². The molecule has 0 aliphatic carbocycles. The number of para-hydroxylation sites is 1. The molecule has 0 fully saturated rings. The topological polar surface area (TPSA) is 53.4 Å². The third-order valence-corrected chi connectivity index (χ3v) is 2.87. The van der Waals surface area contributed by atoms with Crippen molar-refractivity contribution in [3.63, 3.8) is 0 Å². The highest BCUT2D eigenvalue weighted by atomic mass is 16.5. The standard InChI is InChI=1S/C14H16N2O3/c1-18-12-6-4-3-5-11(12)9-13-15-7-8-16(13)10-14(17)19-2/h3-8H,9-10H2,1-2H3. The summed E-state index contributed by atoms with van der Waals surface area (Å²) in [5.41, 5.74) is 1.03. The van der Waals surface area contributed by atoms with Crippen molar-refractivity contribution in [3.05, 3.63) is 48.0 Å². The van der Waals surface area contributed by atoms with Gasteiger partial charge >= 0.3 is 5.97 Å². The molecular weight excluding hydrogens is 244 g/mol. The van der Waals surface area contributed by atoms with Gasteiger partial charge in [-0.1, -0.05) is 18.2 Å². The fourth-order valence-corrected chi connectivity index (χ4v) is 1.87. The van der Waals surface area contributed by atoms with E-state index in [0.717, 1.165) is 17.1 Å². The molecule has 0 N–H and O–H groups in total. The van der Waals surface area contributed by atoms with Crippen molar-refractivity contribution in [3.8, 4) is 5.75 Å². The zero-order valence-corrected chi connectivity index (χ0v) is 11.0. The predicted molar refractivity (Wildman–Crippen MR) is 70.0 cm³/mol. The Morgan fingerprint density at radius 1 is 1.32 bits per heavy atom. The molecule has 1 heterocycles. The van der Waals surface area contributed by atoms with E-state index in [1.54, 1.807) is 24.1 Å². The van der Waals surface area contributed by atoms with Crippen LogP contribution in [0.3, 0.4) is 0 Å². The van der Waals surface area contributed by atoms with Crippen LogP contribution in [0.5, 0.6) is 5.75 Å². The third-order valence-electron chi connectivity index (χ3n) is 2.87. The number of hydrogen-bond acceptors (Lipinski definition) is 4. The number of carbonyl (C=O) groups is 1. The van der Waals surface area contributed by atoms with Gasteiger partial charge in [-0.3, -0.25) is 4.79 Å². The number of carbonyl (C=O) groups excluding carboxylic acids is 1. The van der Waals surface area contributed by atoms with E-state index in [1.165, 1.54) is 7.11 Å². The molecular formula is C14H16N2O3. The summed E-state index contributed by atoms with van der Waals surface area (Å²) in [4.78, 5) is 15.6. The van der Waals surface area contributed by atoms with Crippen LogP contribution >= 0.6 is 0 Å². The van der Waals surface area contributed by atoms with Crippen LogP contribution in [-0.4, -0.2) is 29.7 Å². The molecule has 0 aliphatic rings. The van der Waals surface area contributed by atoms with Gasteiger partial charge in [0.2, 0.25) is 0 Å². The number of methoxy groups -OCH3 is 2. The number of hydrogen-bond donors (Lipinski definition) is 0. The van der Waals surface area contributed by atoms with Crippen LogP contribution in [0.15, 0.2) is 36.7 Å². The highest BCUT2D eigenvalue weighted by Gasteiger charge is 2.10. The zero-order valence-electron chi connectivity index (χ0n) is 11.0. The molecule has 2 rings (SSSR count). The van der Waals surface area contributed by atoms with Gasteiger partial charge in [0.25, 0.3) is 0 Å². The first-order valence-corrected chi connectivity index (χ1v) is 5.93. The van der Waals surface area contributed by atoms with Crippen molar-refractivity contribution in [1.82, 2.24) is 9.55 Å². The molecule has 0 bridgehead atoms. The minimum Gasteiger partial charge on any atom is -0.496 e. The lowest BCUT2D eigenvalue weighted by Gasteiger charge is -2.09. The molecule has 0 aliphatic heterocycles. The fraction of sp³-hybridized carbons (Fsp3) is 0.286. The Labute approximate surface area is 111 Å². The van der Waals surface area contributed by atoms with Crippen LogP contribution in [-0.2, 0) is 22.5 Å². The largest absolute Gasteiger partial charge is 0.496 e. The van der Waals surface area contributed by atoms with Crippen molar-refractivity contribution in [1.29, 1.82) is 0 Å². The molecule has 0 saturated heterocycles. The molecule has 0 atom stereocenters. The second-order valence-corrected chi connectivity index (χ2v) is 4.04. The molecule has 0 spiro atoms. The van der Waals surface area contributed by atoms with Gasteiger partial charge in [-0.15, -0.1) is 0 Å². The molecule has 0 saturated carbocycles. The summed E-state index contributed by atoms with van der Waals surface area (Å²) in [6.07, 6.45) is 4.05. The van der Waals surface area contributed by atoms with Crippen LogP contribution in [0, 0.1) is 0 Å². The van der Waals surface area contributed by atoms with E-state index >= 15 is 0 Å². The van der Waals surface area contributed by atoms with Crippen LogP contribution < -0.4 is 4.74 Å². The smallest absolute Gasteiger partial charge is 0.325 e. The summed E-state index contributed by atoms with van der Waals surface area (Å²) in [7, 11) is 3.01. The Bertz CT molecular complexity index is 563. The van der Waals surface area contributed by atoms with E-state index in [2.05, 4.69) is 9.72 Å². The van der Waals surface area contributed by atoms with Crippen molar-refractivity contribution >= 4 is 5.97 Å². The number of ether oxygens (including phenoxy) is 2. The van der Waals surface area contributed by atoms with E-state index < -0.39 is 0 Å². The average molecular weight is 260 g/mol. The summed E-state index contributed by atoms with van der Waals surface area (Å²) < 4.78 is 11.7. The normalized spacial score (nSPS) is 10.2. The van der Waals surface area contributed by atoms with Gasteiger partial charge in [0.1, 0.15) is 18.1 Å². The first-order valence-electron chi connectivity index (χ1n) is 5.93. The van der Waals surface area contributed by atoms with E-state index in [-0.39, 0.29) is 12.5 Å². The first-order chi connectivity index (χ1) is 9.24. The Kier molecular flexibility index (Phi) is 4.18. The SMILES string of the molecule is COC(=O)Cn1ccnc1Cc1ccccc1OC. The van der Waals surface area contributed by atoms with Gasteiger partial charge < -0.3 is 14.0 Å². The lowest BCUT2D eigenvalue weighted by Crippen LogP contribution is -2.13. The number of esters is 1. The van der Waals surface area contributed by atoms with E-state index in [4.69, 9.17) is 4.74 Å². The molecule has 1 aromatic carbocycles. The second kappa shape index (κ2) is 6.04. The van der Waals surface area contributed by atoms with Crippen molar-refractivity contribution in [2.45, 2.75) is 13.0 Å². The molecule has 0 unspecified atom stereocenters. The number of nitrogens with zero attached hydrogens (tertiary/aromatic N) is 2. The Morgan fingerprint density at radius 2 is 2.11 bits per heavy atom. The second-order valence-electron chi connectivity index (χ2n) is 4.04. The molecule has 0 radical (unpaired) electrons. The summed E-state index contributed by atoms with van der Waals surface area (Å²) in [6, 6.07) is 7.76. The fourth-order valence-electron chi connectivity index (χ4n) is 1.87. The number of aromatic nitrogens is 2. The maximum atomic E-state index is 11.3. The summed E-state index contributed by atoms with van der Waals surface area (Å²) in [6.45, 7) is 0.168. The average Bonchev–Trinajstić information content (AvgIpc) is 2.86. The molecule has 5 nitrogen and oxygen atoms in total. The summed E-state index contributed by atoms with van der Waals surface area (Å²) in [5.74, 6) is 1.32. The maximum Gasteiger partial charge on any atom is 0.325 e. The van der Waals surface area contributed by atoms with Gasteiger partial charge in [-0.25, -0.2) is 4.98 Å². The van der Waals surface area contributed by atoms with Crippen molar-refractivity contribution in [2.24, 2.45) is 0 Å². The van der Waals surface area contributed by atoms with E-state index in [9.17, 15) is 4.79 Å². The highest BCUT2D eigenvalue weighted by molar-refractivity contribution is 5.69. The monoisotopic (exact) mass is 260 g/mol. The summed E-state index contributed by atoms with van der Waals surface area (Å²) >= 11 is 0. The number of rotatable bonds is 5. The molecule has 19 heavy (non-hydrogen) atoms. The third kappa shape index (κ3) is 3.13. The van der Waals surface area contributed by atoms with Crippen LogP contribution in [0.1, 0.15) is 11.4 Å². The molecule has 0 amide bonds. The van der Waals surface area contributed by atoms with Crippen LogP contribution in [0.25, 0.3) is 0 Å².